The first-order chi connectivity index (χ1) is 14.9. The fraction of sp³-hybridized carbons (Fsp3) is 0.182. The third kappa shape index (κ3) is 3.96. The SMILES string of the molecule is C[C@H]1Cn2nc(-c3cccc(Cl)c3)c(C(N)=O)c2CN1C(=O)Nc1ccc(C#N)cc1. The van der Waals surface area contributed by atoms with Crippen molar-refractivity contribution in [3.8, 4) is 17.3 Å². The molecule has 2 aromatic carbocycles. The number of hydrogen-bond acceptors (Lipinski definition) is 4. The average molecular weight is 435 g/mol. The number of amides is 3. The van der Waals surface area contributed by atoms with E-state index in [1.54, 1.807) is 52.0 Å². The Kier molecular flexibility index (Phi) is 5.36. The number of carbonyl (C=O) groups excluding carboxylic acids is 2. The van der Waals surface area contributed by atoms with Crippen LogP contribution in [0.2, 0.25) is 5.02 Å². The van der Waals surface area contributed by atoms with Gasteiger partial charge in [-0.2, -0.15) is 10.4 Å². The molecule has 8 nitrogen and oxygen atoms in total. The minimum atomic E-state index is -0.613. The van der Waals surface area contributed by atoms with Crippen molar-refractivity contribution in [2.75, 3.05) is 5.32 Å². The van der Waals surface area contributed by atoms with Crippen LogP contribution in [-0.4, -0.2) is 32.7 Å². The number of carbonyl (C=O) groups is 2. The maximum Gasteiger partial charge on any atom is 0.322 e. The summed E-state index contributed by atoms with van der Waals surface area (Å²) in [4.78, 5) is 26.9. The summed E-state index contributed by atoms with van der Waals surface area (Å²) in [6.07, 6.45) is 0. The van der Waals surface area contributed by atoms with Crippen molar-refractivity contribution in [1.82, 2.24) is 14.7 Å². The minimum absolute atomic E-state index is 0.168. The summed E-state index contributed by atoms with van der Waals surface area (Å²) in [6.45, 7) is 2.50. The van der Waals surface area contributed by atoms with Crippen LogP contribution in [0.25, 0.3) is 11.3 Å². The molecule has 3 amide bonds. The quantitative estimate of drug-likeness (QED) is 0.654. The number of nitriles is 1. The van der Waals surface area contributed by atoms with Gasteiger partial charge in [-0.15, -0.1) is 0 Å². The predicted octanol–water partition coefficient (Wildman–Crippen LogP) is 3.61. The Morgan fingerprint density at radius 3 is 2.65 bits per heavy atom. The molecule has 3 aromatic rings. The summed E-state index contributed by atoms with van der Waals surface area (Å²) in [7, 11) is 0. The Labute approximate surface area is 183 Å². The lowest BCUT2D eigenvalue weighted by Crippen LogP contribution is -2.47. The number of aromatic nitrogens is 2. The monoisotopic (exact) mass is 434 g/mol. The largest absolute Gasteiger partial charge is 0.365 e. The first kappa shape index (κ1) is 20.4. The summed E-state index contributed by atoms with van der Waals surface area (Å²) in [5, 5.41) is 16.9. The number of anilines is 1. The maximum absolute atomic E-state index is 12.9. The van der Waals surface area contributed by atoms with Gasteiger partial charge >= 0.3 is 6.03 Å². The fourth-order valence-corrected chi connectivity index (χ4v) is 3.86. The average Bonchev–Trinajstić information content (AvgIpc) is 3.12. The number of halogens is 1. The van der Waals surface area contributed by atoms with E-state index in [4.69, 9.17) is 22.6 Å². The molecule has 1 aliphatic heterocycles. The van der Waals surface area contributed by atoms with E-state index in [1.807, 2.05) is 19.1 Å². The number of nitrogens with zero attached hydrogens (tertiary/aromatic N) is 4. The Hall–Kier alpha value is -3.83. The van der Waals surface area contributed by atoms with Gasteiger partial charge < -0.3 is 16.0 Å². The van der Waals surface area contributed by atoms with Crippen LogP contribution in [0.4, 0.5) is 10.5 Å². The van der Waals surface area contributed by atoms with E-state index < -0.39 is 5.91 Å². The Morgan fingerprint density at radius 2 is 2.00 bits per heavy atom. The normalized spacial score (nSPS) is 15.1. The number of hydrogen-bond donors (Lipinski definition) is 2. The molecule has 1 atom stereocenters. The van der Waals surface area contributed by atoms with Gasteiger partial charge in [-0.25, -0.2) is 4.79 Å². The second-order valence-electron chi connectivity index (χ2n) is 7.32. The van der Waals surface area contributed by atoms with Gasteiger partial charge in [0.1, 0.15) is 5.69 Å². The summed E-state index contributed by atoms with van der Waals surface area (Å²) in [5.41, 5.74) is 8.77. The van der Waals surface area contributed by atoms with Gasteiger partial charge in [0.05, 0.1) is 42.0 Å². The van der Waals surface area contributed by atoms with Gasteiger partial charge in [-0.05, 0) is 43.3 Å². The van der Waals surface area contributed by atoms with Crippen LogP contribution in [0.1, 0.15) is 28.5 Å². The van der Waals surface area contributed by atoms with Crippen molar-refractivity contribution in [2.24, 2.45) is 5.73 Å². The summed E-state index contributed by atoms with van der Waals surface area (Å²) >= 11 is 6.11. The molecule has 2 heterocycles. The Morgan fingerprint density at radius 1 is 1.26 bits per heavy atom. The van der Waals surface area contributed by atoms with Crippen LogP contribution in [0.15, 0.2) is 48.5 Å². The number of nitrogens with one attached hydrogen (secondary N) is 1. The number of primary amides is 1. The van der Waals surface area contributed by atoms with Crippen molar-refractivity contribution in [3.63, 3.8) is 0 Å². The highest BCUT2D eigenvalue weighted by molar-refractivity contribution is 6.30. The van der Waals surface area contributed by atoms with Crippen molar-refractivity contribution in [2.45, 2.75) is 26.1 Å². The lowest BCUT2D eigenvalue weighted by atomic mass is 10.0. The molecule has 0 saturated carbocycles. The molecule has 0 fully saturated rings. The van der Waals surface area contributed by atoms with Crippen LogP contribution >= 0.6 is 11.6 Å². The van der Waals surface area contributed by atoms with Crippen LogP contribution in [0.5, 0.6) is 0 Å². The van der Waals surface area contributed by atoms with Crippen molar-refractivity contribution < 1.29 is 9.59 Å². The zero-order valence-corrected chi connectivity index (χ0v) is 17.4. The summed E-state index contributed by atoms with van der Waals surface area (Å²) in [6, 6.07) is 15.2. The van der Waals surface area contributed by atoms with E-state index in [9.17, 15) is 9.59 Å². The lowest BCUT2D eigenvalue weighted by Gasteiger charge is -2.34. The van der Waals surface area contributed by atoms with Gasteiger partial charge in [0.25, 0.3) is 5.91 Å². The van der Waals surface area contributed by atoms with E-state index in [1.165, 1.54) is 0 Å². The standard InChI is InChI=1S/C22H19ClN6O2/c1-13-11-29-18(12-28(13)22(31)26-17-7-5-14(10-24)6-8-17)19(21(25)30)20(27-29)15-3-2-4-16(23)9-15/h2-9,13H,11-12H2,1H3,(H2,25,30)(H,26,31)/t13-/m0/s1. The van der Waals surface area contributed by atoms with Crippen molar-refractivity contribution in [1.29, 1.82) is 5.26 Å². The summed E-state index contributed by atoms with van der Waals surface area (Å²) in [5.74, 6) is -0.613. The van der Waals surface area contributed by atoms with Crippen LogP contribution < -0.4 is 11.1 Å². The third-order valence-electron chi connectivity index (χ3n) is 5.22. The molecule has 0 spiro atoms. The molecule has 0 unspecified atom stereocenters. The minimum Gasteiger partial charge on any atom is -0.365 e. The molecular formula is C22H19ClN6O2. The van der Waals surface area contributed by atoms with Crippen LogP contribution in [0, 0.1) is 11.3 Å². The highest BCUT2D eigenvalue weighted by atomic mass is 35.5. The van der Waals surface area contributed by atoms with E-state index in [2.05, 4.69) is 10.4 Å². The first-order valence-electron chi connectivity index (χ1n) is 9.60. The van der Waals surface area contributed by atoms with Gasteiger partial charge in [0.2, 0.25) is 0 Å². The number of urea groups is 1. The van der Waals surface area contributed by atoms with Gasteiger partial charge in [0.15, 0.2) is 0 Å². The molecular weight excluding hydrogens is 416 g/mol. The molecule has 1 aromatic heterocycles. The number of benzene rings is 2. The molecule has 31 heavy (non-hydrogen) atoms. The smallest absolute Gasteiger partial charge is 0.322 e. The van der Waals surface area contributed by atoms with Gasteiger partial charge in [-0.1, -0.05) is 23.7 Å². The molecule has 156 valence electrons. The van der Waals surface area contributed by atoms with Crippen molar-refractivity contribution in [3.05, 3.63) is 70.4 Å². The first-order valence-corrected chi connectivity index (χ1v) is 9.98. The van der Waals surface area contributed by atoms with E-state index in [0.717, 1.165) is 0 Å². The number of fused-ring (bicyclic) bond motifs is 1. The molecule has 9 heteroatoms. The topological polar surface area (TPSA) is 117 Å². The fourth-order valence-electron chi connectivity index (χ4n) is 3.67. The van der Waals surface area contributed by atoms with Crippen molar-refractivity contribution >= 4 is 29.2 Å². The highest BCUT2D eigenvalue weighted by Gasteiger charge is 2.33. The third-order valence-corrected chi connectivity index (χ3v) is 5.45. The molecule has 0 bridgehead atoms. The van der Waals surface area contributed by atoms with E-state index in [0.29, 0.717) is 39.8 Å². The zero-order valence-electron chi connectivity index (χ0n) is 16.7. The molecule has 3 N–H and O–H groups in total. The zero-order chi connectivity index (χ0) is 22.1. The molecule has 0 radical (unpaired) electrons. The number of nitrogens with two attached hydrogens (primary N) is 1. The second kappa shape index (κ2) is 8.13. The van der Waals surface area contributed by atoms with Gasteiger partial charge in [-0.3, -0.25) is 9.48 Å². The summed E-state index contributed by atoms with van der Waals surface area (Å²) < 4.78 is 1.73. The van der Waals surface area contributed by atoms with Crippen LogP contribution in [-0.2, 0) is 13.1 Å². The van der Waals surface area contributed by atoms with Crippen LogP contribution in [0.3, 0.4) is 0 Å². The molecule has 0 saturated heterocycles. The predicted molar refractivity (Wildman–Crippen MR) is 116 cm³/mol. The molecule has 4 rings (SSSR count). The number of rotatable bonds is 3. The Bertz CT molecular complexity index is 1210. The molecule has 0 aliphatic carbocycles. The highest BCUT2D eigenvalue weighted by Crippen LogP contribution is 2.31. The second-order valence-corrected chi connectivity index (χ2v) is 7.76. The van der Waals surface area contributed by atoms with E-state index >= 15 is 0 Å². The molecule has 1 aliphatic rings. The maximum atomic E-state index is 12.9. The lowest BCUT2D eigenvalue weighted by molar-refractivity contribution is 0.0995. The van der Waals surface area contributed by atoms with Gasteiger partial charge in [0, 0.05) is 16.3 Å². The van der Waals surface area contributed by atoms with E-state index in [-0.39, 0.29) is 24.2 Å². The Balaban J connectivity index is 1.65.